The first kappa shape index (κ1) is 14.1. The number of amides is 1. The molecule has 1 aromatic carbocycles. The lowest BCUT2D eigenvalue weighted by atomic mass is 10.2. The van der Waals surface area contributed by atoms with E-state index < -0.39 is 0 Å². The second-order valence-electron chi connectivity index (χ2n) is 3.92. The summed E-state index contributed by atoms with van der Waals surface area (Å²) < 4.78 is 0. The fourth-order valence-corrected chi connectivity index (χ4v) is 2.48. The maximum absolute atomic E-state index is 10.8. The average Bonchev–Trinajstić information content (AvgIpc) is 2.38. The molecular weight excluding hydrogens is 232 g/mol. The molecule has 3 N–H and O–H groups in total. The minimum Gasteiger partial charge on any atom is -0.294 e. The Morgan fingerprint density at radius 1 is 1.18 bits per heavy atom. The standard InChI is InChI=1S/C13H20N2OS/c14-15-13(16)9-5-2-6-10-17-11-12-7-3-1-4-8-12/h1,3-4,7-8H,2,5-6,9-11,14H2,(H,15,16). The molecule has 0 saturated carbocycles. The second-order valence-corrected chi connectivity index (χ2v) is 5.02. The van der Waals surface area contributed by atoms with Crippen LogP contribution in [0.3, 0.4) is 0 Å². The van der Waals surface area contributed by atoms with E-state index in [1.165, 1.54) is 5.56 Å². The van der Waals surface area contributed by atoms with Crippen molar-refractivity contribution < 1.29 is 4.79 Å². The normalized spacial score (nSPS) is 10.2. The van der Waals surface area contributed by atoms with E-state index in [1.54, 1.807) is 0 Å². The van der Waals surface area contributed by atoms with Gasteiger partial charge in [0.2, 0.25) is 5.91 Å². The lowest BCUT2D eigenvalue weighted by molar-refractivity contribution is -0.121. The van der Waals surface area contributed by atoms with Crippen LogP contribution in [0.25, 0.3) is 0 Å². The molecule has 0 unspecified atom stereocenters. The molecule has 0 aliphatic rings. The number of benzene rings is 1. The predicted octanol–water partition coefficient (Wildman–Crippen LogP) is 2.47. The van der Waals surface area contributed by atoms with Crippen LogP contribution in [0.1, 0.15) is 31.2 Å². The van der Waals surface area contributed by atoms with Crippen LogP contribution in [0.15, 0.2) is 30.3 Å². The SMILES string of the molecule is NNC(=O)CCCCCSCc1ccccc1. The third-order valence-corrected chi connectivity index (χ3v) is 3.58. The predicted molar refractivity (Wildman–Crippen MR) is 73.4 cm³/mol. The van der Waals surface area contributed by atoms with Crippen molar-refractivity contribution in [1.29, 1.82) is 0 Å². The first-order valence-electron chi connectivity index (χ1n) is 5.94. The fraction of sp³-hybridized carbons (Fsp3) is 0.462. The number of hydrogen-bond acceptors (Lipinski definition) is 3. The largest absolute Gasteiger partial charge is 0.294 e. The number of nitrogens with one attached hydrogen (secondary N) is 1. The van der Waals surface area contributed by atoms with Gasteiger partial charge in [0.1, 0.15) is 0 Å². The van der Waals surface area contributed by atoms with Crippen LogP contribution in [0.4, 0.5) is 0 Å². The highest BCUT2D eigenvalue weighted by atomic mass is 32.2. The average molecular weight is 252 g/mol. The van der Waals surface area contributed by atoms with Gasteiger partial charge < -0.3 is 0 Å². The van der Waals surface area contributed by atoms with Gasteiger partial charge in [0, 0.05) is 12.2 Å². The summed E-state index contributed by atoms with van der Waals surface area (Å²) in [7, 11) is 0. The number of hydrogen-bond donors (Lipinski definition) is 2. The van der Waals surface area contributed by atoms with Gasteiger partial charge in [-0.3, -0.25) is 10.2 Å². The number of carbonyl (C=O) groups excluding carboxylic acids is 1. The van der Waals surface area contributed by atoms with E-state index in [0.717, 1.165) is 30.8 Å². The van der Waals surface area contributed by atoms with Gasteiger partial charge in [-0.05, 0) is 24.2 Å². The van der Waals surface area contributed by atoms with E-state index in [4.69, 9.17) is 5.84 Å². The molecule has 0 aromatic heterocycles. The van der Waals surface area contributed by atoms with Gasteiger partial charge in [0.15, 0.2) is 0 Å². The van der Waals surface area contributed by atoms with Crippen molar-refractivity contribution in [3.05, 3.63) is 35.9 Å². The zero-order valence-electron chi connectivity index (χ0n) is 10.0. The van der Waals surface area contributed by atoms with Crippen LogP contribution in [-0.2, 0) is 10.5 Å². The Kier molecular flexibility index (Phi) is 7.51. The zero-order chi connectivity index (χ0) is 12.3. The smallest absolute Gasteiger partial charge is 0.233 e. The van der Waals surface area contributed by atoms with Crippen molar-refractivity contribution >= 4 is 17.7 Å². The van der Waals surface area contributed by atoms with Crippen LogP contribution in [0.5, 0.6) is 0 Å². The molecule has 0 radical (unpaired) electrons. The molecule has 4 heteroatoms. The molecule has 1 amide bonds. The monoisotopic (exact) mass is 252 g/mol. The molecule has 0 bridgehead atoms. The molecule has 1 aromatic rings. The molecule has 1 rings (SSSR count). The second kappa shape index (κ2) is 9.07. The van der Waals surface area contributed by atoms with E-state index in [-0.39, 0.29) is 5.91 Å². The first-order chi connectivity index (χ1) is 8.33. The Hall–Kier alpha value is -1.00. The lowest BCUT2D eigenvalue weighted by Crippen LogP contribution is -2.29. The number of rotatable bonds is 8. The summed E-state index contributed by atoms with van der Waals surface area (Å²) in [4.78, 5) is 10.8. The van der Waals surface area contributed by atoms with E-state index >= 15 is 0 Å². The minimum absolute atomic E-state index is 0.0676. The van der Waals surface area contributed by atoms with Crippen molar-refractivity contribution in [3.63, 3.8) is 0 Å². The molecule has 17 heavy (non-hydrogen) atoms. The van der Waals surface area contributed by atoms with Crippen LogP contribution in [-0.4, -0.2) is 11.7 Å². The van der Waals surface area contributed by atoms with Crippen LogP contribution in [0.2, 0.25) is 0 Å². The van der Waals surface area contributed by atoms with Crippen molar-refractivity contribution in [2.45, 2.75) is 31.4 Å². The Labute approximate surface area is 107 Å². The van der Waals surface area contributed by atoms with Gasteiger partial charge in [-0.2, -0.15) is 11.8 Å². The summed E-state index contributed by atoms with van der Waals surface area (Å²) in [6.07, 6.45) is 3.72. The molecule has 0 saturated heterocycles. The van der Waals surface area contributed by atoms with Crippen LogP contribution >= 0.6 is 11.8 Å². The summed E-state index contributed by atoms with van der Waals surface area (Å²) in [5, 5.41) is 0. The van der Waals surface area contributed by atoms with Gasteiger partial charge in [0.25, 0.3) is 0 Å². The molecular formula is C13H20N2OS. The number of carbonyl (C=O) groups is 1. The molecule has 0 aliphatic heterocycles. The highest BCUT2D eigenvalue weighted by Gasteiger charge is 1.98. The van der Waals surface area contributed by atoms with E-state index in [1.807, 2.05) is 17.8 Å². The molecule has 94 valence electrons. The highest BCUT2D eigenvalue weighted by molar-refractivity contribution is 7.98. The summed E-state index contributed by atoms with van der Waals surface area (Å²) >= 11 is 1.95. The Bertz CT molecular complexity index is 316. The van der Waals surface area contributed by atoms with Crippen molar-refractivity contribution in [3.8, 4) is 0 Å². The summed E-state index contributed by atoms with van der Waals surface area (Å²) in [6, 6.07) is 10.5. The van der Waals surface area contributed by atoms with E-state index in [9.17, 15) is 4.79 Å². The molecule has 3 nitrogen and oxygen atoms in total. The Balaban J connectivity index is 1.93. The van der Waals surface area contributed by atoms with Crippen molar-refractivity contribution in [2.75, 3.05) is 5.75 Å². The molecule has 0 aliphatic carbocycles. The first-order valence-corrected chi connectivity index (χ1v) is 7.09. The van der Waals surface area contributed by atoms with E-state index in [2.05, 4.69) is 29.7 Å². The lowest BCUT2D eigenvalue weighted by Gasteiger charge is -2.02. The fourth-order valence-electron chi connectivity index (χ4n) is 1.50. The number of hydrazine groups is 1. The van der Waals surface area contributed by atoms with Gasteiger partial charge in [-0.1, -0.05) is 36.8 Å². The maximum atomic E-state index is 10.8. The quantitative estimate of drug-likeness (QED) is 0.323. The number of thioether (sulfide) groups is 1. The van der Waals surface area contributed by atoms with Gasteiger partial charge in [-0.25, -0.2) is 5.84 Å². The molecule has 0 heterocycles. The van der Waals surface area contributed by atoms with E-state index in [0.29, 0.717) is 6.42 Å². The summed E-state index contributed by atoms with van der Waals surface area (Å²) in [5.41, 5.74) is 3.52. The summed E-state index contributed by atoms with van der Waals surface area (Å²) in [5.74, 6) is 7.15. The van der Waals surface area contributed by atoms with Gasteiger partial charge in [-0.15, -0.1) is 0 Å². The molecule has 0 fully saturated rings. The Morgan fingerprint density at radius 3 is 2.65 bits per heavy atom. The zero-order valence-corrected chi connectivity index (χ0v) is 10.8. The maximum Gasteiger partial charge on any atom is 0.233 e. The topological polar surface area (TPSA) is 55.1 Å². The third kappa shape index (κ3) is 7.02. The highest BCUT2D eigenvalue weighted by Crippen LogP contribution is 2.14. The third-order valence-electron chi connectivity index (χ3n) is 2.47. The van der Waals surface area contributed by atoms with Gasteiger partial charge >= 0.3 is 0 Å². The van der Waals surface area contributed by atoms with Crippen molar-refractivity contribution in [1.82, 2.24) is 5.43 Å². The Morgan fingerprint density at radius 2 is 1.94 bits per heavy atom. The number of nitrogens with two attached hydrogens (primary N) is 1. The molecule has 0 atom stereocenters. The van der Waals surface area contributed by atoms with Gasteiger partial charge in [0.05, 0.1) is 0 Å². The summed E-state index contributed by atoms with van der Waals surface area (Å²) in [6.45, 7) is 0. The van der Waals surface area contributed by atoms with Crippen LogP contribution in [0, 0.1) is 0 Å². The number of unbranched alkanes of at least 4 members (excludes halogenated alkanes) is 2. The molecule has 0 spiro atoms. The minimum atomic E-state index is -0.0676. The van der Waals surface area contributed by atoms with Crippen LogP contribution < -0.4 is 11.3 Å². The van der Waals surface area contributed by atoms with Crippen molar-refractivity contribution in [2.24, 2.45) is 5.84 Å².